The molecule has 0 fully saturated rings. The Kier molecular flexibility index (Phi) is 6.08. The monoisotopic (exact) mass is 198 g/mol. The average molecular weight is 198 g/mol. The fourth-order valence-corrected chi connectivity index (χ4v) is 0.738. The second kappa shape index (κ2) is 6.22. The molecule has 7 nitrogen and oxygen atoms in total. The Hall–Kier alpha value is -0.280. The van der Waals surface area contributed by atoms with Crippen LogP contribution in [0.3, 0.4) is 0 Å². The molecule has 0 radical (unpaired) electrons. The maximum absolute atomic E-state index is 9.06. The summed E-state index contributed by atoms with van der Waals surface area (Å²) in [7, 11) is 0. The lowest BCUT2D eigenvalue weighted by atomic mass is 10.0. The van der Waals surface area contributed by atoms with Crippen molar-refractivity contribution in [2.24, 2.45) is 0 Å². The van der Waals surface area contributed by atoms with E-state index in [0.717, 1.165) is 0 Å². The van der Waals surface area contributed by atoms with Gasteiger partial charge in [-0.05, 0) is 0 Å². The molecule has 0 aliphatic carbocycles. The normalized spacial score (nSPS) is 20.8. The second-order valence-corrected chi connectivity index (χ2v) is 2.59. The molecule has 0 bridgehead atoms. The van der Waals surface area contributed by atoms with Crippen LogP contribution in [-0.4, -0.2) is 68.4 Å². The van der Waals surface area contributed by atoms with Gasteiger partial charge in [0.1, 0.15) is 31.0 Å². The molecule has 0 aliphatic heterocycles. The first-order chi connectivity index (χ1) is 6.04. The lowest BCUT2D eigenvalue weighted by molar-refractivity contribution is -0.267. The third-order valence-corrected chi connectivity index (χ3v) is 1.57. The molecule has 0 unspecified atom stereocenters. The topological polar surface area (TPSA) is 131 Å². The molecule has 80 valence electrons. The summed E-state index contributed by atoms with van der Waals surface area (Å²) in [6.45, 7) is -1.35. The summed E-state index contributed by atoms with van der Waals surface area (Å²) in [5.74, 6) is 0. The van der Waals surface area contributed by atoms with Crippen LogP contribution in [0.2, 0.25) is 0 Å². The molecule has 13 heavy (non-hydrogen) atoms. The van der Waals surface area contributed by atoms with Crippen LogP contribution in [0.4, 0.5) is 0 Å². The summed E-state index contributed by atoms with van der Waals surface area (Å²) in [6.07, 6.45) is -6.49. The number of rotatable bonds is 6. The van der Waals surface area contributed by atoms with Crippen molar-refractivity contribution in [1.82, 2.24) is 0 Å². The van der Waals surface area contributed by atoms with Crippen molar-refractivity contribution in [2.75, 3.05) is 13.2 Å². The summed E-state index contributed by atoms with van der Waals surface area (Å²) in [5, 5.41) is 52.1. The Bertz CT molecular complexity index is 130. The van der Waals surface area contributed by atoms with Crippen LogP contribution in [0.1, 0.15) is 0 Å². The molecule has 0 aliphatic rings. The highest BCUT2D eigenvalue weighted by atomic mass is 17.1. The summed E-state index contributed by atoms with van der Waals surface area (Å²) in [5.41, 5.74) is 0. The van der Waals surface area contributed by atoms with Crippen molar-refractivity contribution in [3.05, 3.63) is 0 Å². The first-order valence-corrected chi connectivity index (χ1v) is 3.64. The van der Waals surface area contributed by atoms with Crippen molar-refractivity contribution >= 4 is 0 Å². The molecule has 6 N–H and O–H groups in total. The van der Waals surface area contributed by atoms with Crippen LogP contribution in [0, 0.1) is 0 Å². The van der Waals surface area contributed by atoms with Crippen molar-refractivity contribution < 1.29 is 35.7 Å². The second-order valence-electron chi connectivity index (χ2n) is 2.59. The predicted octanol–water partition coefficient (Wildman–Crippen LogP) is -3.09. The molecule has 0 aromatic heterocycles. The fourth-order valence-electron chi connectivity index (χ4n) is 0.738. The van der Waals surface area contributed by atoms with E-state index in [2.05, 4.69) is 4.89 Å². The number of hydrogen-bond acceptors (Lipinski definition) is 7. The van der Waals surface area contributed by atoms with Gasteiger partial charge in [-0.15, -0.1) is 0 Å². The van der Waals surface area contributed by atoms with Crippen LogP contribution in [0.5, 0.6) is 0 Å². The smallest absolute Gasteiger partial charge is 0.111 e. The van der Waals surface area contributed by atoms with Gasteiger partial charge < -0.3 is 25.5 Å². The van der Waals surface area contributed by atoms with Gasteiger partial charge in [0.25, 0.3) is 0 Å². The quantitative estimate of drug-likeness (QED) is 0.197. The molecular weight excluding hydrogens is 184 g/mol. The van der Waals surface area contributed by atoms with Crippen LogP contribution in [0.25, 0.3) is 0 Å². The molecule has 0 aromatic carbocycles. The van der Waals surface area contributed by atoms with Gasteiger partial charge in [-0.25, -0.2) is 4.89 Å². The molecule has 0 saturated heterocycles. The first kappa shape index (κ1) is 12.7. The molecule has 0 amide bonds. The molecule has 0 spiro atoms. The van der Waals surface area contributed by atoms with Crippen molar-refractivity contribution in [1.29, 1.82) is 0 Å². The minimum Gasteiger partial charge on any atom is -0.394 e. The van der Waals surface area contributed by atoms with Crippen LogP contribution in [0.15, 0.2) is 0 Å². The Morgan fingerprint density at radius 3 is 1.77 bits per heavy atom. The third kappa shape index (κ3) is 3.96. The van der Waals surface area contributed by atoms with E-state index in [1.165, 1.54) is 0 Å². The highest BCUT2D eigenvalue weighted by Crippen LogP contribution is 2.04. The third-order valence-electron chi connectivity index (χ3n) is 1.57. The zero-order valence-electron chi connectivity index (χ0n) is 6.82. The highest BCUT2D eigenvalue weighted by Gasteiger charge is 2.29. The van der Waals surface area contributed by atoms with Gasteiger partial charge in [0.2, 0.25) is 0 Å². The van der Waals surface area contributed by atoms with Gasteiger partial charge >= 0.3 is 0 Å². The SMILES string of the molecule is OC[C@@H](O)[C@H](O)[C@H](O)[C@H](O)COO. The maximum atomic E-state index is 9.06. The van der Waals surface area contributed by atoms with Gasteiger partial charge in [-0.2, -0.15) is 0 Å². The van der Waals surface area contributed by atoms with E-state index in [0.29, 0.717) is 0 Å². The van der Waals surface area contributed by atoms with E-state index in [-0.39, 0.29) is 0 Å². The zero-order chi connectivity index (χ0) is 10.4. The van der Waals surface area contributed by atoms with E-state index in [1.807, 2.05) is 0 Å². The standard InChI is InChI=1S/C6H14O7/c7-1-3(8)5(10)6(11)4(9)2-13-12/h3-12H,1-2H2/t3-,4-,5+,6-/m1/s1. The molecular formula is C6H14O7. The fraction of sp³-hybridized carbons (Fsp3) is 1.00. The zero-order valence-corrected chi connectivity index (χ0v) is 6.82. The summed E-state index contributed by atoms with van der Waals surface area (Å²) >= 11 is 0. The first-order valence-electron chi connectivity index (χ1n) is 3.64. The lowest BCUT2D eigenvalue weighted by Crippen LogP contribution is -2.47. The average Bonchev–Trinajstić information content (AvgIpc) is 2.14. The van der Waals surface area contributed by atoms with Gasteiger partial charge in [-0.1, -0.05) is 0 Å². The van der Waals surface area contributed by atoms with E-state index < -0.39 is 37.6 Å². The van der Waals surface area contributed by atoms with Crippen molar-refractivity contribution in [2.45, 2.75) is 24.4 Å². The Morgan fingerprint density at radius 2 is 1.38 bits per heavy atom. The molecule has 0 aromatic rings. The molecule has 0 saturated carbocycles. The van der Waals surface area contributed by atoms with Gasteiger partial charge in [0.15, 0.2) is 0 Å². The van der Waals surface area contributed by atoms with Gasteiger partial charge in [0.05, 0.1) is 6.61 Å². The molecule has 0 heterocycles. The largest absolute Gasteiger partial charge is 0.394 e. The van der Waals surface area contributed by atoms with Gasteiger partial charge in [-0.3, -0.25) is 5.26 Å². The van der Waals surface area contributed by atoms with E-state index >= 15 is 0 Å². The van der Waals surface area contributed by atoms with Crippen molar-refractivity contribution in [3.63, 3.8) is 0 Å². The van der Waals surface area contributed by atoms with Crippen LogP contribution in [-0.2, 0) is 4.89 Å². The Labute approximate surface area is 74.4 Å². The highest BCUT2D eigenvalue weighted by molar-refractivity contribution is 4.79. The number of hydrogen-bond donors (Lipinski definition) is 6. The Morgan fingerprint density at radius 1 is 0.923 bits per heavy atom. The van der Waals surface area contributed by atoms with Crippen LogP contribution < -0.4 is 0 Å². The van der Waals surface area contributed by atoms with Crippen molar-refractivity contribution in [3.8, 4) is 0 Å². The minimum atomic E-state index is -1.70. The molecule has 7 heteroatoms. The van der Waals surface area contributed by atoms with E-state index in [1.54, 1.807) is 0 Å². The molecule has 0 rings (SSSR count). The summed E-state index contributed by atoms with van der Waals surface area (Å²) < 4.78 is 0. The lowest BCUT2D eigenvalue weighted by Gasteiger charge is -2.24. The number of aliphatic hydroxyl groups is 5. The van der Waals surface area contributed by atoms with Gasteiger partial charge in [0, 0.05) is 0 Å². The minimum absolute atomic E-state index is 0.601. The number of aliphatic hydroxyl groups excluding tert-OH is 5. The van der Waals surface area contributed by atoms with E-state index in [4.69, 9.17) is 30.8 Å². The summed E-state index contributed by atoms with van der Waals surface area (Å²) in [4.78, 5) is 3.52. The maximum Gasteiger partial charge on any atom is 0.111 e. The van der Waals surface area contributed by atoms with Crippen LogP contribution >= 0.6 is 0 Å². The summed E-state index contributed by atoms with van der Waals surface area (Å²) in [6, 6.07) is 0. The predicted molar refractivity (Wildman–Crippen MR) is 39.7 cm³/mol. The van der Waals surface area contributed by atoms with E-state index in [9.17, 15) is 0 Å². The molecule has 4 atom stereocenters. The Balaban J connectivity index is 3.99.